The van der Waals surface area contributed by atoms with Gasteiger partial charge in [0.2, 0.25) is 0 Å². The van der Waals surface area contributed by atoms with Crippen molar-refractivity contribution in [2.45, 2.75) is 65.5 Å². The van der Waals surface area contributed by atoms with Crippen molar-refractivity contribution in [2.75, 3.05) is 20.2 Å². The summed E-state index contributed by atoms with van der Waals surface area (Å²) >= 11 is 0. The number of methoxy groups -OCH3 is 1. The zero-order valence-electron chi connectivity index (χ0n) is 18.9. The van der Waals surface area contributed by atoms with Crippen LogP contribution >= 0.6 is 0 Å². The lowest BCUT2D eigenvalue weighted by Gasteiger charge is -2.46. The van der Waals surface area contributed by atoms with E-state index in [0.29, 0.717) is 12.2 Å². The van der Waals surface area contributed by atoms with Crippen LogP contribution in [0.2, 0.25) is 0 Å². The highest BCUT2D eigenvalue weighted by molar-refractivity contribution is 5.85. The third kappa shape index (κ3) is 5.53. The van der Waals surface area contributed by atoms with Gasteiger partial charge in [-0.3, -0.25) is 4.79 Å². The van der Waals surface area contributed by atoms with Gasteiger partial charge >= 0.3 is 0 Å². The van der Waals surface area contributed by atoms with Crippen molar-refractivity contribution in [3.8, 4) is 5.75 Å². The number of rotatable bonds is 8. The number of hydrogen-bond donors (Lipinski definition) is 0. The second-order valence-electron chi connectivity index (χ2n) is 8.67. The molecule has 0 saturated carbocycles. The molecule has 164 valence electrons. The Balaban J connectivity index is 0.00000320. The lowest BCUT2D eigenvalue weighted by Crippen LogP contribution is -3.00. The number of ether oxygens (including phenoxy) is 1. The minimum atomic E-state index is 0. The summed E-state index contributed by atoms with van der Waals surface area (Å²) in [7, 11) is 1.70. The standard InChI is InChI=1S/C26H36NO2.BrH/c1-5-25(26(28)18-24-20(2)10-9-11-21(24)3)27(16-7-6-8-17-27)19-22-12-14-23(29-4)15-13-22;/h9-15,25H,5-8,16-19H2,1-4H3;1H/q+1;/p-1. The van der Waals surface area contributed by atoms with Gasteiger partial charge in [-0.2, -0.15) is 0 Å². The number of aryl methyl sites for hydroxylation is 2. The summed E-state index contributed by atoms with van der Waals surface area (Å²) in [5, 5.41) is 0. The van der Waals surface area contributed by atoms with Crippen LogP contribution < -0.4 is 21.7 Å². The van der Waals surface area contributed by atoms with Gasteiger partial charge in [0, 0.05) is 18.4 Å². The van der Waals surface area contributed by atoms with Crippen LogP contribution in [-0.4, -0.2) is 36.5 Å². The molecule has 1 aliphatic rings. The molecule has 1 atom stereocenters. The minimum absolute atomic E-state index is 0. The van der Waals surface area contributed by atoms with E-state index < -0.39 is 0 Å². The number of quaternary nitrogens is 1. The van der Waals surface area contributed by atoms with E-state index in [0.717, 1.165) is 36.3 Å². The number of hydrogen-bond acceptors (Lipinski definition) is 2. The molecule has 0 aromatic heterocycles. The molecule has 3 nitrogen and oxygen atoms in total. The normalized spacial score (nSPS) is 16.4. The van der Waals surface area contributed by atoms with E-state index in [9.17, 15) is 4.79 Å². The predicted octanol–water partition coefficient (Wildman–Crippen LogP) is 2.41. The maximum Gasteiger partial charge on any atom is 0.194 e. The molecule has 2 aromatic carbocycles. The van der Waals surface area contributed by atoms with Crippen molar-refractivity contribution < 1.29 is 31.0 Å². The monoisotopic (exact) mass is 473 g/mol. The van der Waals surface area contributed by atoms with E-state index in [2.05, 4.69) is 51.1 Å². The quantitative estimate of drug-likeness (QED) is 0.550. The number of benzene rings is 2. The van der Waals surface area contributed by atoms with Gasteiger partial charge in [-0.1, -0.05) is 25.1 Å². The zero-order chi connectivity index (χ0) is 20.9. The number of carbonyl (C=O) groups is 1. The first-order valence-corrected chi connectivity index (χ1v) is 11.1. The molecule has 0 amide bonds. The number of carbonyl (C=O) groups excluding carboxylic acids is 1. The Kier molecular flexibility index (Phi) is 9.11. The molecule has 1 saturated heterocycles. The molecular weight excluding hydrogens is 438 g/mol. The van der Waals surface area contributed by atoms with Crippen LogP contribution in [0.4, 0.5) is 0 Å². The first kappa shape index (κ1) is 24.6. The highest BCUT2D eigenvalue weighted by Crippen LogP contribution is 2.30. The molecule has 0 aliphatic carbocycles. The molecule has 2 aromatic rings. The largest absolute Gasteiger partial charge is 1.00 e. The fourth-order valence-electron chi connectivity index (χ4n) is 5.16. The highest BCUT2D eigenvalue weighted by Gasteiger charge is 2.41. The smallest absolute Gasteiger partial charge is 0.194 e. The van der Waals surface area contributed by atoms with E-state index in [1.54, 1.807) is 7.11 Å². The van der Waals surface area contributed by atoms with Crippen LogP contribution in [0.5, 0.6) is 5.75 Å². The summed E-state index contributed by atoms with van der Waals surface area (Å²) in [6.45, 7) is 9.57. The second kappa shape index (κ2) is 11.1. The first-order chi connectivity index (χ1) is 14.0. The summed E-state index contributed by atoms with van der Waals surface area (Å²) in [6, 6.07) is 14.8. The van der Waals surface area contributed by atoms with Crippen LogP contribution in [0, 0.1) is 13.8 Å². The fraction of sp³-hybridized carbons (Fsp3) is 0.500. The third-order valence-electron chi connectivity index (χ3n) is 6.78. The fourth-order valence-corrected chi connectivity index (χ4v) is 5.16. The van der Waals surface area contributed by atoms with Gasteiger partial charge in [0.25, 0.3) is 0 Å². The van der Waals surface area contributed by atoms with Crippen LogP contribution in [-0.2, 0) is 17.8 Å². The van der Waals surface area contributed by atoms with Gasteiger partial charge in [-0.25, -0.2) is 0 Å². The predicted molar refractivity (Wildman–Crippen MR) is 119 cm³/mol. The van der Waals surface area contributed by atoms with Crippen molar-refractivity contribution in [1.82, 2.24) is 0 Å². The van der Waals surface area contributed by atoms with Crippen molar-refractivity contribution >= 4 is 5.78 Å². The number of piperidine rings is 1. The van der Waals surface area contributed by atoms with E-state index >= 15 is 0 Å². The summed E-state index contributed by atoms with van der Waals surface area (Å²) in [5.41, 5.74) is 4.98. The molecule has 0 N–H and O–H groups in total. The lowest BCUT2D eigenvalue weighted by atomic mass is 9.91. The second-order valence-corrected chi connectivity index (χ2v) is 8.67. The summed E-state index contributed by atoms with van der Waals surface area (Å²) in [6.07, 6.45) is 5.16. The highest BCUT2D eigenvalue weighted by atomic mass is 79.9. The number of halogens is 1. The van der Waals surface area contributed by atoms with Gasteiger partial charge < -0.3 is 26.2 Å². The van der Waals surface area contributed by atoms with Gasteiger partial charge in [0.1, 0.15) is 18.3 Å². The molecule has 1 aliphatic heterocycles. The Bertz CT molecular complexity index is 805. The molecule has 4 heteroatoms. The Morgan fingerprint density at radius 3 is 2.13 bits per heavy atom. The molecule has 1 heterocycles. The maximum absolute atomic E-state index is 13.6. The van der Waals surface area contributed by atoms with Crippen molar-refractivity contribution in [1.29, 1.82) is 0 Å². The van der Waals surface area contributed by atoms with Crippen LogP contribution in [0.3, 0.4) is 0 Å². The Morgan fingerprint density at radius 1 is 1.00 bits per heavy atom. The number of nitrogens with zero attached hydrogens (tertiary/aromatic N) is 1. The Morgan fingerprint density at radius 2 is 1.60 bits per heavy atom. The van der Waals surface area contributed by atoms with Crippen molar-refractivity contribution in [2.24, 2.45) is 0 Å². The maximum atomic E-state index is 13.6. The van der Waals surface area contributed by atoms with E-state index in [1.807, 2.05) is 12.1 Å². The summed E-state index contributed by atoms with van der Waals surface area (Å²) in [5.74, 6) is 1.29. The van der Waals surface area contributed by atoms with Gasteiger partial charge in [0.15, 0.2) is 5.78 Å². The molecule has 30 heavy (non-hydrogen) atoms. The summed E-state index contributed by atoms with van der Waals surface area (Å²) < 4.78 is 6.23. The number of Topliss-reactive ketones (excluding diaryl/α,β-unsaturated/α-hetero) is 1. The molecular formula is C26H36BrNO2. The van der Waals surface area contributed by atoms with Crippen molar-refractivity contribution in [3.05, 3.63) is 64.7 Å². The first-order valence-electron chi connectivity index (χ1n) is 11.1. The SMILES string of the molecule is CCC(C(=O)Cc1c(C)cccc1C)[N+]1(Cc2ccc(OC)cc2)CCCCC1.[Br-]. The van der Waals surface area contributed by atoms with Gasteiger partial charge in [-0.15, -0.1) is 0 Å². The van der Waals surface area contributed by atoms with Crippen LogP contribution in [0.1, 0.15) is 54.9 Å². The lowest BCUT2D eigenvalue weighted by molar-refractivity contribution is -0.959. The van der Waals surface area contributed by atoms with Crippen LogP contribution in [0.25, 0.3) is 0 Å². The Hall–Kier alpha value is -1.65. The number of likely N-dealkylation sites (tertiary alicyclic amines) is 1. The van der Waals surface area contributed by atoms with Gasteiger partial charge in [-0.05, 0) is 74.1 Å². The molecule has 1 fully saturated rings. The molecule has 0 spiro atoms. The van der Waals surface area contributed by atoms with E-state index in [1.165, 1.54) is 41.5 Å². The molecule has 0 radical (unpaired) electrons. The minimum Gasteiger partial charge on any atom is -1.00 e. The average Bonchev–Trinajstić information content (AvgIpc) is 2.72. The molecule has 3 rings (SSSR count). The third-order valence-corrected chi connectivity index (χ3v) is 6.78. The number of ketones is 1. The zero-order valence-corrected chi connectivity index (χ0v) is 20.5. The Labute approximate surface area is 192 Å². The van der Waals surface area contributed by atoms with E-state index in [4.69, 9.17) is 4.74 Å². The summed E-state index contributed by atoms with van der Waals surface area (Å²) in [4.78, 5) is 13.6. The molecule has 1 unspecified atom stereocenters. The molecule has 0 bridgehead atoms. The van der Waals surface area contributed by atoms with E-state index in [-0.39, 0.29) is 23.0 Å². The van der Waals surface area contributed by atoms with Crippen LogP contribution in [0.15, 0.2) is 42.5 Å². The van der Waals surface area contributed by atoms with Crippen molar-refractivity contribution in [3.63, 3.8) is 0 Å². The van der Waals surface area contributed by atoms with Gasteiger partial charge in [0.05, 0.1) is 20.2 Å². The topological polar surface area (TPSA) is 26.3 Å². The average molecular weight is 474 g/mol.